The van der Waals surface area contributed by atoms with Gasteiger partial charge in [-0.05, 0) is 30.0 Å². The third-order valence-corrected chi connectivity index (χ3v) is 4.05. The van der Waals surface area contributed by atoms with Crippen LogP contribution in [-0.2, 0) is 9.47 Å². The molecule has 1 aromatic rings. The topological polar surface area (TPSA) is 53.7 Å². The van der Waals surface area contributed by atoms with Crippen LogP contribution in [0.4, 0.5) is 0 Å². The summed E-state index contributed by atoms with van der Waals surface area (Å²) >= 11 is 0. The van der Waals surface area contributed by atoms with Crippen molar-refractivity contribution in [2.75, 3.05) is 20.3 Å². The number of ether oxygens (including phenoxy) is 3. The molecule has 3 atom stereocenters. The Balaban J connectivity index is 1.99. The van der Waals surface area contributed by atoms with Crippen molar-refractivity contribution < 1.29 is 14.2 Å². The van der Waals surface area contributed by atoms with Crippen LogP contribution in [0, 0.1) is 6.92 Å². The van der Waals surface area contributed by atoms with Crippen LogP contribution in [0.5, 0.6) is 5.75 Å². The van der Waals surface area contributed by atoms with Gasteiger partial charge in [-0.25, -0.2) is 0 Å². The predicted molar refractivity (Wildman–Crippen MR) is 83.9 cm³/mol. The fourth-order valence-corrected chi connectivity index (χ4v) is 2.50. The van der Waals surface area contributed by atoms with Crippen LogP contribution in [0.25, 0.3) is 0 Å². The Morgan fingerprint density at radius 1 is 1.29 bits per heavy atom. The fourth-order valence-electron chi connectivity index (χ4n) is 2.50. The largest absolute Gasteiger partial charge is 0.487 e. The van der Waals surface area contributed by atoms with E-state index in [1.54, 1.807) is 7.11 Å². The van der Waals surface area contributed by atoms with Crippen LogP contribution in [-0.4, -0.2) is 38.6 Å². The van der Waals surface area contributed by atoms with Crippen LogP contribution >= 0.6 is 0 Å². The molecule has 1 aliphatic rings. The van der Waals surface area contributed by atoms with Gasteiger partial charge in [-0.1, -0.05) is 26.0 Å². The van der Waals surface area contributed by atoms with Gasteiger partial charge in [-0.2, -0.15) is 0 Å². The molecular formula is C17H27NO3. The lowest BCUT2D eigenvalue weighted by Crippen LogP contribution is -2.59. The van der Waals surface area contributed by atoms with Gasteiger partial charge < -0.3 is 19.9 Å². The lowest BCUT2D eigenvalue weighted by atomic mass is 9.86. The van der Waals surface area contributed by atoms with Crippen LogP contribution in [0.2, 0.25) is 0 Å². The third kappa shape index (κ3) is 3.96. The van der Waals surface area contributed by atoms with Crippen LogP contribution < -0.4 is 10.5 Å². The summed E-state index contributed by atoms with van der Waals surface area (Å²) in [4.78, 5) is 0. The second kappa shape index (κ2) is 7.25. The minimum atomic E-state index is -0.0396. The van der Waals surface area contributed by atoms with E-state index in [4.69, 9.17) is 19.9 Å². The molecule has 0 heterocycles. The summed E-state index contributed by atoms with van der Waals surface area (Å²) in [5.41, 5.74) is 8.46. The van der Waals surface area contributed by atoms with Crippen LogP contribution in [0.1, 0.15) is 37.3 Å². The number of hydrogen-bond acceptors (Lipinski definition) is 4. The predicted octanol–water partition coefficient (Wildman–Crippen LogP) is 2.63. The zero-order valence-corrected chi connectivity index (χ0v) is 13.5. The van der Waals surface area contributed by atoms with Crippen molar-refractivity contribution in [3.05, 3.63) is 29.3 Å². The molecule has 1 aliphatic carbocycles. The first-order valence-corrected chi connectivity index (χ1v) is 7.66. The van der Waals surface area contributed by atoms with Crippen molar-refractivity contribution in [3.63, 3.8) is 0 Å². The minimum Gasteiger partial charge on any atom is -0.487 e. The first-order valence-electron chi connectivity index (χ1n) is 7.66. The van der Waals surface area contributed by atoms with E-state index in [0.29, 0.717) is 19.1 Å². The molecule has 1 saturated carbocycles. The summed E-state index contributed by atoms with van der Waals surface area (Å²) < 4.78 is 16.9. The highest BCUT2D eigenvalue weighted by Crippen LogP contribution is 2.31. The zero-order valence-electron chi connectivity index (χ0n) is 13.5. The molecule has 2 N–H and O–H groups in total. The lowest BCUT2D eigenvalue weighted by molar-refractivity contribution is -0.107. The normalized spacial score (nSPS) is 25.0. The van der Waals surface area contributed by atoms with Gasteiger partial charge in [0.1, 0.15) is 18.0 Å². The van der Waals surface area contributed by atoms with Crippen molar-refractivity contribution >= 4 is 0 Å². The summed E-state index contributed by atoms with van der Waals surface area (Å²) in [6, 6.07) is 6.46. The fraction of sp³-hybridized carbons (Fsp3) is 0.647. The molecule has 1 fully saturated rings. The summed E-state index contributed by atoms with van der Waals surface area (Å²) in [6.45, 7) is 7.57. The number of hydrogen-bond donors (Lipinski definition) is 1. The Morgan fingerprint density at radius 2 is 2.05 bits per heavy atom. The molecule has 0 saturated heterocycles. The number of rotatable bonds is 7. The number of nitrogens with two attached hydrogens (primary N) is 1. The highest BCUT2D eigenvalue weighted by molar-refractivity contribution is 5.38. The molecule has 0 aliphatic heterocycles. The quantitative estimate of drug-likeness (QED) is 0.785. The molecule has 2 rings (SSSR count). The van der Waals surface area contributed by atoms with Gasteiger partial charge in [0.2, 0.25) is 0 Å². The SMILES string of the molecule is COCCOC1C(N)CC1Oc1cc(C(C)C)ccc1C. The average molecular weight is 293 g/mol. The van der Waals surface area contributed by atoms with Gasteiger partial charge in [-0.3, -0.25) is 0 Å². The molecule has 0 amide bonds. The Bertz CT molecular complexity index is 461. The molecule has 3 unspecified atom stereocenters. The number of methoxy groups -OCH3 is 1. The Morgan fingerprint density at radius 3 is 2.67 bits per heavy atom. The van der Waals surface area contributed by atoms with E-state index in [1.807, 2.05) is 0 Å². The Kier molecular flexibility index (Phi) is 5.62. The first-order chi connectivity index (χ1) is 10.0. The molecule has 0 bridgehead atoms. The first kappa shape index (κ1) is 16.3. The highest BCUT2D eigenvalue weighted by Gasteiger charge is 2.41. The molecule has 0 radical (unpaired) electrons. The van der Waals surface area contributed by atoms with Crippen LogP contribution in [0.15, 0.2) is 18.2 Å². The summed E-state index contributed by atoms with van der Waals surface area (Å²) in [7, 11) is 1.67. The smallest absolute Gasteiger partial charge is 0.128 e. The summed E-state index contributed by atoms with van der Waals surface area (Å²) in [6.07, 6.45) is 0.837. The zero-order chi connectivity index (χ0) is 15.4. The van der Waals surface area contributed by atoms with Gasteiger partial charge >= 0.3 is 0 Å². The maximum absolute atomic E-state index is 6.14. The van der Waals surface area contributed by atoms with Crippen molar-refractivity contribution in [1.82, 2.24) is 0 Å². The van der Waals surface area contributed by atoms with Crippen molar-refractivity contribution in [1.29, 1.82) is 0 Å². The van der Waals surface area contributed by atoms with E-state index in [0.717, 1.165) is 17.7 Å². The molecular weight excluding hydrogens is 266 g/mol. The van der Waals surface area contributed by atoms with E-state index < -0.39 is 0 Å². The molecule has 118 valence electrons. The molecule has 1 aromatic carbocycles. The molecule has 0 aromatic heterocycles. The molecule has 4 nitrogen and oxygen atoms in total. The second-order valence-electron chi connectivity index (χ2n) is 6.06. The van der Waals surface area contributed by atoms with Crippen LogP contribution in [0.3, 0.4) is 0 Å². The van der Waals surface area contributed by atoms with Gasteiger partial charge in [0, 0.05) is 19.6 Å². The van der Waals surface area contributed by atoms with Crippen molar-refractivity contribution in [3.8, 4) is 5.75 Å². The Labute approximate surface area is 127 Å². The average Bonchev–Trinajstić information content (AvgIpc) is 2.44. The van der Waals surface area contributed by atoms with E-state index in [-0.39, 0.29) is 18.2 Å². The lowest BCUT2D eigenvalue weighted by Gasteiger charge is -2.42. The molecule has 0 spiro atoms. The van der Waals surface area contributed by atoms with E-state index in [1.165, 1.54) is 5.56 Å². The highest BCUT2D eigenvalue weighted by atomic mass is 16.6. The standard InChI is InChI=1S/C17H27NO3/c1-11(2)13-6-5-12(3)15(9-13)21-16-10-14(18)17(16)20-8-7-19-4/h5-6,9,11,14,16-17H,7-8,10,18H2,1-4H3. The maximum atomic E-state index is 6.14. The number of benzene rings is 1. The van der Waals surface area contributed by atoms with Crippen molar-refractivity contribution in [2.24, 2.45) is 5.73 Å². The third-order valence-electron chi connectivity index (χ3n) is 4.05. The Hall–Kier alpha value is -1.10. The minimum absolute atomic E-state index is 0.0396. The summed E-state index contributed by atoms with van der Waals surface area (Å²) in [5.74, 6) is 1.43. The molecule has 4 heteroatoms. The monoisotopic (exact) mass is 293 g/mol. The van der Waals surface area contributed by atoms with Gasteiger partial charge in [0.25, 0.3) is 0 Å². The molecule has 21 heavy (non-hydrogen) atoms. The second-order valence-corrected chi connectivity index (χ2v) is 6.06. The summed E-state index contributed by atoms with van der Waals surface area (Å²) in [5, 5.41) is 0. The number of aryl methyl sites for hydroxylation is 1. The van der Waals surface area contributed by atoms with Crippen molar-refractivity contribution in [2.45, 2.75) is 51.4 Å². The van der Waals surface area contributed by atoms with E-state index >= 15 is 0 Å². The van der Waals surface area contributed by atoms with Gasteiger partial charge in [0.05, 0.1) is 13.2 Å². The van der Waals surface area contributed by atoms with E-state index in [2.05, 4.69) is 39.0 Å². The van der Waals surface area contributed by atoms with Gasteiger partial charge in [0.15, 0.2) is 0 Å². The van der Waals surface area contributed by atoms with E-state index in [9.17, 15) is 0 Å². The van der Waals surface area contributed by atoms with Gasteiger partial charge in [-0.15, -0.1) is 0 Å². The maximum Gasteiger partial charge on any atom is 0.128 e.